The number of nitrogens with zero attached hydrogens (tertiary/aromatic N) is 1. The van der Waals surface area contributed by atoms with Gasteiger partial charge < -0.3 is 15.2 Å². The molecule has 2 N–H and O–H groups in total. The molecule has 0 aliphatic rings. The SMILES string of the molecule is O=C(NCC(F)(F)F)Nc1cnoc1. The highest BCUT2D eigenvalue weighted by Gasteiger charge is 2.27. The standard InChI is InChI=1S/C6H6F3N3O2/c7-6(8,9)3-10-5(13)12-4-1-11-14-2-4/h1-2H,3H2,(H2,10,12,13). The zero-order valence-corrected chi connectivity index (χ0v) is 6.76. The van der Waals surface area contributed by atoms with E-state index < -0.39 is 18.8 Å². The molecule has 0 aromatic carbocycles. The minimum atomic E-state index is -4.42. The predicted octanol–water partition coefficient (Wildman–Crippen LogP) is 1.36. The molecule has 8 heteroatoms. The van der Waals surface area contributed by atoms with E-state index in [1.165, 1.54) is 0 Å². The molecule has 0 aliphatic carbocycles. The minimum absolute atomic E-state index is 0.185. The molecular weight excluding hydrogens is 203 g/mol. The van der Waals surface area contributed by atoms with Gasteiger partial charge >= 0.3 is 12.2 Å². The molecule has 0 fully saturated rings. The van der Waals surface area contributed by atoms with Crippen molar-refractivity contribution in [2.75, 3.05) is 11.9 Å². The molecule has 78 valence electrons. The Balaban J connectivity index is 2.30. The summed E-state index contributed by atoms with van der Waals surface area (Å²) in [6.07, 6.45) is -2.17. The predicted molar refractivity (Wildman–Crippen MR) is 39.6 cm³/mol. The van der Waals surface area contributed by atoms with E-state index in [-0.39, 0.29) is 5.69 Å². The summed E-state index contributed by atoms with van der Waals surface area (Å²) in [4.78, 5) is 10.8. The van der Waals surface area contributed by atoms with Crippen LogP contribution in [-0.4, -0.2) is 23.9 Å². The number of hydrogen-bond acceptors (Lipinski definition) is 3. The van der Waals surface area contributed by atoms with Crippen LogP contribution in [0.3, 0.4) is 0 Å². The number of aromatic nitrogens is 1. The average Bonchev–Trinajstić information content (AvgIpc) is 2.52. The van der Waals surface area contributed by atoms with Gasteiger partial charge in [-0.3, -0.25) is 0 Å². The molecule has 1 aromatic heterocycles. The first-order valence-electron chi connectivity index (χ1n) is 3.48. The number of alkyl halides is 3. The van der Waals surface area contributed by atoms with E-state index >= 15 is 0 Å². The maximum Gasteiger partial charge on any atom is 0.405 e. The summed E-state index contributed by atoms with van der Waals surface area (Å²) in [5.74, 6) is 0. The normalized spacial score (nSPS) is 11.1. The number of amides is 2. The highest BCUT2D eigenvalue weighted by atomic mass is 19.4. The summed E-state index contributed by atoms with van der Waals surface area (Å²) >= 11 is 0. The highest BCUT2D eigenvalue weighted by Crippen LogP contribution is 2.12. The van der Waals surface area contributed by atoms with Crippen molar-refractivity contribution in [2.24, 2.45) is 0 Å². The van der Waals surface area contributed by atoms with Crippen molar-refractivity contribution in [3.05, 3.63) is 12.5 Å². The highest BCUT2D eigenvalue weighted by molar-refractivity contribution is 5.88. The first kappa shape index (κ1) is 10.4. The van der Waals surface area contributed by atoms with Gasteiger partial charge in [-0.2, -0.15) is 13.2 Å². The number of nitrogens with one attached hydrogen (secondary N) is 2. The number of hydrogen-bond donors (Lipinski definition) is 2. The molecule has 0 spiro atoms. The summed E-state index contributed by atoms with van der Waals surface area (Å²) < 4.78 is 39.2. The van der Waals surface area contributed by atoms with E-state index in [4.69, 9.17) is 0 Å². The van der Waals surface area contributed by atoms with E-state index in [0.29, 0.717) is 0 Å². The van der Waals surface area contributed by atoms with Crippen LogP contribution >= 0.6 is 0 Å². The van der Waals surface area contributed by atoms with Crippen molar-refractivity contribution >= 4 is 11.7 Å². The maximum absolute atomic E-state index is 11.6. The first-order valence-corrected chi connectivity index (χ1v) is 3.48. The quantitative estimate of drug-likeness (QED) is 0.772. The molecule has 1 heterocycles. The molecule has 0 aliphatic heterocycles. The number of halogens is 3. The molecule has 1 rings (SSSR count). The Hall–Kier alpha value is -1.73. The lowest BCUT2D eigenvalue weighted by atomic mass is 10.5. The number of carbonyl (C=O) groups excluding carboxylic acids is 1. The van der Waals surface area contributed by atoms with Crippen LogP contribution in [0.25, 0.3) is 0 Å². The van der Waals surface area contributed by atoms with Gasteiger partial charge in [-0.1, -0.05) is 5.16 Å². The molecule has 0 unspecified atom stereocenters. The zero-order chi connectivity index (χ0) is 10.6. The summed E-state index contributed by atoms with van der Waals surface area (Å²) in [5, 5.41) is 6.95. The fraction of sp³-hybridized carbons (Fsp3) is 0.333. The molecule has 0 saturated carbocycles. The van der Waals surface area contributed by atoms with Crippen molar-refractivity contribution in [3.63, 3.8) is 0 Å². The third kappa shape index (κ3) is 3.78. The summed E-state index contributed by atoms with van der Waals surface area (Å²) in [6, 6.07) is -0.967. The third-order valence-electron chi connectivity index (χ3n) is 1.14. The van der Waals surface area contributed by atoms with Crippen molar-refractivity contribution in [1.82, 2.24) is 10.5 Å². The monoisotopic (exact) mass is 209 g/mol. The van der Waals surface area contributed by atoms with E-state index in [0.717, 1.165) is 12.5 Å². The van der Waals surface area contributed by atoms with Gasteiger partial charge in [0.15, 0.2) is 0 Å². The van der Waals surface area contributed by atoms with Crippen LogP contribution < -0.4 is 10.6 Å². The molecule has 1 aromatic rings. The van der Waals surface area contributed by atoms with Gasteiger partial charge in [-0.25, -0.2) is 4.79 Å². The van der Waals surface area contributed by atoms with Crippen LogP contribution in [-0.2, 0) is 0 Å². The molecule has 14 heavy (non-hydrogen) atoms. The molecule has 0 radical (unpaired) electrons. The number of rotatable bonds is 2. The molecule has 5 nitrogen and oxygen atoms in total. The Morgan fingerprint density at radius 1 is 1.57 bits per heavy atom. The maximum atomic E-state index is 11.6. The lowest BCUT2D eigenvalue weighted by Crippen LogP contribution is -2.36. The Bertz CT molecular complexity index is 296. The van der Waals surface area contributed by atoms with Crippen molar-refractivity contribution in [1.29, 1.82) is 0 Å². The molecular formula is C6H6F3N3O2. The number of anilines is 1. The number of urea groups is 1. The topological polar surface area (TPSA) is 67.2 Å². The van der Waals surface area contributed by atoms with Crippen molar-refractivity contribution < 1.29 is 22.5 Å². The van der Waals surface area contributed by atoms with Crippen LogP contribution in [0.5, 0.6) is 0 Å². The molecule has 0 bridgehead atoms. The fourth-order valence-electron chi connectivity index (χ4n) is 0.622. The van der Waals surface area contributed by atoms with Gasteiger partial charge in [-0.15, -0.1) is 0 Å². The van der Waals surface area contributed by atoms with Gasteiger partial charge in [0, 0.05) is 0 Å². The van der Waals surface area contributed by atoms with Crippen LogP contribution in [0.1, 0.15) is 0 Å². The van der Waals surface area contributed by atoms with Crippen molar-refractivity contribution in [3.8, 4) is 0 Å². The average molecular weight is 209 g/mol. The zero-order valence-electron chi connectivity index (χ0n) is 6.76. The molecule has 2 amide bonds. The lowest BCUT2D eigenvalue weighted by Gasteiger charge is -2.07. The van der Waals surface area contributed by atoms with Gasteiger partial charge in [0.2, 0.25) is 0 Å². The van der Waals surface area contributed by atoms with Crippen LogP contribution in [0, 0.1) is 0 Å². The van der Waals surface area contributed by atoms with Gasteiger partial charge in [0.1, 0.15) is 18.5 Å². The van der Waals surface area contributed by atoms with Gasteiger partial charge in [0.25, 0.3) is 0 Å². The van der Waals surface area contributed by atoms with Crippen LogP contribution in [0.4, 0.5) is 23.7 Å². The Labute approximate surface area is 76.2 Å². The minimum Gasteiger partial charge on any atom is -0.363 e. The first-order chi connectivity index (χ1) is 6.47. The third-order valence-corrected chi connectivity index (χ3v) is 1.14. The Kier molecular flexibility index (Phi) is 2.95. The van der Waals surface area contributed by atoms with E-state index in [9.17, 15) is 18.0 Å². The van der Waals surface area contributed by atoms with Gasteiger partial charge in [0.05, 0.1) is 6.20 Å². The van der Waals surface area contributed by atoms with E-state index in [2.05, 4.69) is 15.0 Å². The van der Waals surface area contributed by atoms with E-state index in [1.807, 2.05) is 0 Å². The fourth-order valence-corrected chi connectivity index (χ4v) is 0.622. The largest absolute Gasteiger partial charge is 0.405 e. The summed E-state index contributed by atoms with van der Waals surface area (Å²) in [7, 11) is 0. The second-order valence-corrected chi connectivity index (χ2v) is 2.34. The van der Waals surface area contributed by atoms with Crippen LogP contribution in [0.15, 0.2) is 17.0 Å². The molecule has 0 atom stereocenters. The summed E-state index contributed by atoms with van der Waals surface area (Å²) in [5.41, 5.74) is 0.185. The van der Waals surface area contributed by atoms with E-state index in [1.54, 1.807) is 5.32 Å². The van der Waals surface area contributed by atoms with Crippen molar-refractivity contribution in [2.45, 2.75) is 6.18 Å². The second kappa shape index (κ2) is 3.99. The Morgan fingerprint density at radius 2 is 2.29 bits per heavy atom. The smallest absolute Gasteiger partial charge is 0.363 e. The molecule has 0 saturated heterocycles. The summed E-state index contributed by atoms with van der Waals surface area (Å²) in [6.45, 7) is -1.38. The number of carbonyl (C=O) groups is 1. The lowest BCUT2D eigenvalue weighted by molar-refractivity contribution is -0.122. The Morgan fingerprint density at radius 3 is 2.79 bits per heavy atom. The van der Waals surface area contributed by atoms with Crippen LogP contribution in [0.2, 0.25) is 0 Å². The second-order valence-electron chi connectivity index (χ2n) is 2.34. The van der Waals surface area contributed by atoms with Gasteiger partial charge in [-0.05, 0) is 0 Å².